The average molecular weight is 303 g/mol. The van der Waals surface area contributed by atoms with Gasteiger partial charge in [0.1, 0.15) is 11.5 Å². The minimum atomic E-state index is 0.463. The zero-order chi connectivity index (χ0) is 14.8. The first-order valence-electron chi connectivity index (χ1n) is 6.07. The van der Waals surface area contributed by atoms with Crippen LogP contribution in [0.4, 0.5) is 5.69 Å². The number of tetrazole rings is 1. The number of benzene rings is 1. The summed E-state index contributed by atoms with van der Waals surface area (Å²) in [5.74, 6) is 1.67. The van der Waals surface area contributed by atoms with E-state index in [-0.39, 0.29) is 0 Å². The Balaban J connectivity index is 2.20. The summed E-state index contributed by atoms with van der Waals surface area (Å²) in [6.45, 7) is 0. The van der Waals surface area contributed by atoms with Gasteiger partial charge in [0.05, 0.1) is 31.2 Å². The van der Waals surface area contributed by atoms with Gasteiger partial charge in [0.2, 0.25) is 0 Å². The second-order valence-electron chi connectivity index (χ2n) is 4.19. The van der Waals surface area contributed by atoms with Crippen LogP contribution in [0.1, 0.15) is 0 Å². The molecule has 0 atom stereocenters. The molecule has 8 heteroatoms. The number of thiophene rings is 1. The summed E-state index contributed by atoms with van der Waals surface area (Å²) in [5.41, 5.74) is 8.14. The van der Waals surface area contributed by atoms with Crippen molar-refractivity contribution >= 4 is 17.0 Å². The minimum Gasteiger partial charge on any atom is -0.497 e. The minimum absolute atomic E-state index is 0.463. The Morgan fingerprint density at radius 2 is 2.10 bits per heavy atom. The third-order valence-electron chi connectivity index (χ3n) is 3.03. The monoisotopic (exact) mass is 303 g/mol. The molecule has 108 valence electrons. The summed E-state index contributed by atoms with van der Waals surface area (Å²) in [6, 6.07) is 5.43. The third kappa shape index (κ3) is 2.29. The molecule has 2 N–H and O–H groups in total. The number of aromatic nitrogens is 4. The Labute approximate surface area is 124 Å². The number of nitrogens with zero attached hydrogens (tertiary/aromatic N) is 4. The van der Waals surface area contributed by atoms with Gasteiger partial charge in [-0.2, -0.15) is 16.0 Å². The smallest absolute Gasteiger partial charge is 0.189 e. The van der Waals surface area contributed by atoms with Crippen LogP contribution in [0.25, 0.3) is 17.1 Å². The summed E-state index contributed by atoms with van der Waals surface area (Å²) in [5, 5.41) is 15.7. The maximum Gasteiger partial charge on any atom is 0.189 e. The molecule has 0 saturated carbocycles. The molecular formula is C13H13N5O2S. The van der Waals surface area contributed by atoms with E-state index in [0.29, 0.717) is 28.6 Å². The number of methoxy groups -OCH3 is 2. The lowest BCUT2D eigenvalue weighted by Gasteiger charge is -2.12. The van der Waals surface area contributed by atoms with E-state index >= 15 is 0 Å². The number of anilines is 1. The number of hydrogen-bond acceptors (Lipinski definition) is 7. The number of ether oxygens (including phenoxy) is 2. The Hall–Kier alpha value is -2.61. The summed E-state index contributed by atoms with van der Waals surface area (Å²) in [7, 11) is 3.13. The highest BCUT2D eigenvalue weighted by molar-refractivity contribution is 7.08. The van der Waals surface area contributed by atoms with Crippen LogP contribution in [-0.4, -0.2) is 34.4 Å². The fraction of sp³-hybridized carbons (Fsp3) is 0.154. The zero-order valence-electron chi connectivity index (χ0n) is 11.5. The van der Waals surface area contributed by atoms with Crippen molar-refractivity contribution in [2.75, 3.05) is 20.0 Å². The van der Waals surface area contributed by atoms with Crippen LogP contribution >= 0.6 is 11.3 Å². The van der Waals surface area contributed by atoms with E-state index in [2.05, 4.69) is 15.5 Å². The summed E-state index contributed by atoms with van der Waals surface area (Å²) >= 11 is 1.56. The number of rotatable bonds is 4. The lowest BCUT2D eigenvalue weighted by atomic mass is 10.1. The fourth-order valence-electron chi connectivity index (χ4n) is 1.98. The van der Waals surface area contributed by atoms with Gasteiger partial charge in [0.25, 0.3) is 0 Å². The van der Waals surface area contributed by atoms with E-state index in [1.807, 2.05) is 16.8 Å². The Morgan fingerprint density at radius 1 is 1.24 bits per heavy atom. The third-order valence-corrected chi connectivity index (χ3v) is 3.70. The van der Waals surface area contributed by atoms with E-state index < -0.39 is 0 Å². The van der Waals surface area contributed by atoms with Gasteiger partial charge in [-0.1, -0.05) is 0 Å². The molecule has 0 amide bonds. The van der Waals surface area contributed by atoms with E-state index in [1.54, 1.807) is 42.4 Å². The fourth-order valence-corrected chi connectivity index (χ4v) is 2.59. The van der Waals surface area contributed by atoms with Crippen molar-refractivity contribution in [3.05, 3.63) is 29.0 Å². The van der Waals surface area contributed by atoms with E-state index in [1.165, 1.54) is 0 Å². The quantitative estimate of drug-likeness (QED) is 0.742. The van der Waals surface area contributed by atoms with Crippen molar-refractivity contribution in [1.82, 2.24) is 20.2 Å². The molecule has 2 aromatic heterocycles. The summed E-state index contributed by atoms with van der Waals surface area (Å²) in [4.78, 5) is 0. The molecule has 0 fully saturated rings. The van der Waals surface area contributed by atoms with Gasteiger partial charge < -0.3 is 15.2 Å². The van der Waals surface area contributed by atoms with Crippen LogP contribution in [0.15, 0.2) is 29.0 Å². The van der Waals surface area contributed by atoms with Gasteiger partial charge in [0.15, 0.2) is 5.82 Å². The number of hydrogen-bond donors (Lipinski definition) is 1. The van der Waals surface area contributed by atoms with Crippen molar-refractivity contribution in [3.8, 4) is 28.6 Å². The number of nitrogens with two attached hydrogens (primary N) is 1. The first kappa shape index (κ1) is 13.4. The highest BCUT2D eigenvalue weighted by Gasteiger charge is 2.18. The highest BCUT2D eigenvalue weighted by Crippen LogP contribution is 2.37. The molecule has 3 aromatic rings. The van der Waals surface area contributed by atoms with Crippen molar-refractivity contribution in [1.29, 1.82) is 0 Å². The normalized spacial score (nSPS) is 10.6. The molecule has 0 aliphatic heterocycles. The lowest BCUT2D eigenvalue weighted by Crippen LogP contribution is -2.02. The van der Waals surface area contributed by atoms with E-state index in [4.69, 9.17) is 15.2 Å². The van der Waals surface area contributed by atoms with Gasteiger partial charge in [0, 0.05) is 11.4 Å². The summed E-state index contributed by atoms with van der Waals surface area (Å²) < 4.78 is 12.2. The van der Waals surface area contributed by atoms with Crippen LogP contribution in [0.5, 0.6) is 11.5 Å². The maximum absolute atomic E-state index is 6.14. The molecule has 0 aliphatic carbocycles. The second-order valence-corrected chi connectivity index (χ2v) is 4.97. The first-order chi connectivity index (χ1) is 10.2. The Morgan fingerprint density at radius 3 is 2.76 bits per heavy atom. The van der Waals surface area contributed by atoms with Crippen LogP contribution in [0, 0.1) is 0 Å². The van der Waals surface area contributed by atoms with Crippen molar-refractivity contribution in [3.63, 3.8) is 0 Å². The molecule has 21 heavy (non-hydrogen) atoms. The largest absolute Gasteiger partial charge is 0.497 e. The van der Waals surface area contributed by atoms with Gasteiger partial charge in [-0.3, -0.25) is 0 Å². The van der Waals surface area contributed by atoms with Gasteiger partial charge in [-0.05, 0) is 27.9 Å². The zero-order valence-corrected chi connectivity index (χ0v) is 12.3. The van der Waals surface area contributed by atoms with Gasteiger partial charge in [-0.25, -0.2) is 0 Å². The predicted octanol–water partition coefficient (Wildman–Crippen LogP) is 1.99. The SMILES string of the molecule is COc1cc(OC)c(N)c(-c2nnnn2-c2ccsc2)c1. The van der Waals surface area contributed by atoms with Crippen LogP contribution in [0.3, 0.4) is 0 Å². The Bertz CT molecular complexity index is 754. The standard InChI is InChI=1S/C13H13N5O2S/c1-19-9-5-10(12(14)11(6-9)20-2)13-15-16-17-18(13)8-3-4-21-7-8/h3-7H,14H2,1-2H3. The topological polar surface area (TPSA) is 88.1 Å². The highest BCUT2D eigenvalue weighted by atomic mass is 32.1. The van der Waals surface area contributed by atoms with Crippen LogP contribution < -0.4 is 15.2 Å². The molecule has 3 rings (SSSR count). The molecule has 0 aliphatic rings. The molecule has 2 heterocycles. The van der Waals surface area contributed by atoms with Crippen molar-refractivity contribution in [2.45, 2.75) is 0 Å². The molecule has 0 bridgehead atoms. The average Bonchev–Trinajstić information content (AvgIpc) is 3.18. The molecule has 0 spiro atoms. The molecule has 7 nitrogen and oxygen atoms in total. The van der Waals surface area contributed by atoms with E-state index in [9.17, 15) is 0 Å². The first-order valence-corrected chi connectivity index (χ1v) is 7.01. The van der Waals surface area contributed by atoms with Crippen LogP contribution in [-0.2, 0) is 0 Å². The van der Waals surface area contributed by atoms with Crippen molar-refractivity contribution < 1.29 is 9.47 Å². The van der Waals surface area contributed by atoms with E-state index in [0.717, 1.165) is 5.69 Å². The molecule has 0 saturated heterocycles. The second kappa shape index (κ2) is 5.41. The molecule has 0 radical (unpaired) electrons. The lowest BCUT2D eigenvalue weighted by molar-refractivity contribution is 0.396. The summed E-state index contributed by atoms with van der Waals surface area (Å²) in [6.07, 6.45) is 0. The van der Waals surface area contributed by atoms with Crippen LogP contribution in [0.2, 0.25) is 0 Å². The maximum atomic E-state index is 6.14. The predicted molar refractivity (Wildman–Crippen MR) is 80.0 cm³/mol. The van der Waals surface area contributed by atoms with Gasteiger partial charge in [-0.15, -0.1) is 5.10 Å². The Kier molecular flexibility index (Phi) is 3.44. The van der Waals surface area contributed by atoms with Gasteiger partial charge >= 0.3 is 0 Å². The number of nitrogen functional groups attached to an aromatic ring is 1. The van der Waals surface area contributed by atoms with Crippen molar-refractivity contribution in [2.24, 2.45) is 0 Å². The molecule has 0 unspecified atom stereocenters. The molecule has 1 aromatic carbocycles. The molecular weight excluding hydrogens is 290 g/mol.